The van der Waals surface area contributed by atoms with E-state index in [1.807, 2.05) is 6.07 Å². The summed E-state index contributed by atoms with van der Waals surface area (Å²) in [6.07, 6.45) is 4.00. The highest BCUT2D eigenvalue weighted by Crippen LogP contribution is 2.19. The van der Waals surface area contributed by atoms with Crippen LogP contribution < -0.4 is 5.32 Å². The van der Waals surface area contributed by atoms with Crippen LogP contribution in [0.3, 0.4) is 0 Å². The van der Waals surface area contributed by atoms with Crippen molar-refractivity contribution in [3.05, 3.63) is 34.3 Å². The molecule has 0 radical (unpaired) electrons. The Bertz CT molecular complexity index is 425. The van der Waals surface area contributed by atoms with E-state index in [4.69, 9.17) is 11.6 Å². The summed E-state index contributed by atoms with van der Waals surface area (Å²) in [5, 5.41) is 4.48. The molecule has 112 valence electrons. The van der Waals surface area contributed by atoms with Crippen LogP contribution in [0.25, 0.3) is 0 Å². The Balaban J connectivity index is 2.01. The van der Waals surface area contributed by atoms with Gasteiger partial charge >= 0.3 is 0 Å². The number of nitrogens with zero attached hydrogens (tertiary/aromatic N) is 1. The molecule has 2 rings (SSSR count). The minimum Gasteiger partial charge on any atom is -0.313 e. The van der Waals surface area contributed by atoms with Gasteiger partial charge in [0.15, 0.2) is 0 Å². The van der Waals surface area contributed by atoms with Crippen molar-refractivity contribution >= 4 is 11.6 Å². The lowest BCUT2D eigenvalue weighted by molar-refractivity contribution is 0.177. The Kier molecular flexibility index (Phi) is 5.88. The minimum absolute atomic E-state index is 0.564. The number of rotatable bonds is 5. The van der Waals surface area contributed by atoms with E-state index in [1.165, 1.54) is 36.9 Å². The topological polar surface area (TPSA) is 15.3 Å². The van der Waals surface area contributed by atoms with E-state index in [0.29, 0.717) is 12.1 Å². The Labute approximate surface area is 128 Å². The van der Waals surface area contributed by atoms with Crippen LogP contribution in [0.15, 0.2) is 18.2 Å². The molecule has 0 aromatic heterocycles. The van der Waals surface area contributed by atoms with Gasteiger partial charge in [-0.1, -0.05) is 24.1 Å². The van der Waals surface area contributed by atoms with Gasteiger partial charge in [-0.25, -0.2) is 0 Å². The van der Waals surface area contributed by atoms with E-state index in [9.17, 15) is 0 Å². The molecule has 0 bridgehead atoms. The van der Waals surface area contributed by atoms with Gasteiger partial charge in [0.05, 0.1) is 0 Å². The first-order valence-corrected chi connectivity index (χ1v) is 8.16. The second kappa shape index (κ2) is 7.44. The lowest BCUT2D eigenvalue weighted by Gasteiger charge is -2.33. The van der Waals surface area contributed by atoms with Gasteiger partial charge in [0, 0.05) is 30.2 Å². The number of benzene rings is 1. The molecule has 0 saturated carbocycles. The van der Waals surface area contributed by atoms with Crippen molar-refractivity contribution in [1.82, 2.24) is 10.2 Å². The lowest BCUT2D eigenvalue weighted by Crippen LogP contribution is -2.45. The van der Waals surface area contributed by atoms with E-state index in [-0.39, 0.29) is 0 Å². The fourth-order valence-electron chi connectivity index (χ4n) is 2.88. The molecule has 3 heteroatoms. The highest BCUT2D eigenvalue weighted by atomic mass is 35.5. The van der Waals surface area contributed by atoms with Crippen molar-refractivity contribution in [3.63, 3.8) is 0 Å². The van der Waals surface area contributed by atoms with Crippen LogP contribution in [0.4, 0.5) is 0 Å². The summed E-state index contributed by atoms with van der Waals surface area (Å²) in [6, 6.07) is 7.45. The molecule has 20 heavy (non-hydrogen) atoms. The van der Waals surface area contributed by atoms with Crippen molar-refractivity contribution in [2.75, 3.05) is 13.1 Å². The van der Waals surface area contributed by atoms with Crippen LogP contribution in [-0.4, -0.2) is 30.1 Å². The molecule has 1 heterocycles. The summed E-state index contributed by atoms with van der Waals surface area (Å²) in [6.45, 7) is 10.1. The molecule has 1 atom stereocenters. The van der Waals surface area contributed by atoms with E-state index in [1.54, 1.807) is 0 Å². The smallest absolute Gasteiger partial charge is 0.0408 e. The largest absolute Gasteiger partial charge is 0.313 e. The third kappa shape index (κ3) is 4.47. The highest BCUT2D eigenvalue weighted by Gasteiger charge is 2.19. The third-order valence-corrected chi connectivity index (χ3v) is 4.51. The molecular weight excluding hydrogens is 268 g/mol. The summed E-state index contributed by atoms with van der Waals surface area (Å²) >= 11 is 6.05. The molecule has 1 aliphatic heterocycles. The average molecular weight is 295 g/mol. The van der Waals surface area contributed by atoms with Crippen molar-refractivity contribution in [1.29, 1.82) is 0 Å². The molecular formula is C17H27ClN2. The van der Waals surface area contributed by atoms with Gasteiger partial charge in [0.1, 0.15) is 0 Å². The maximum Gasteiger partial charge on any atom is 0.0408 e. The predicted molar refractivity (Wildman–Crippen MR) is 87.4 cm³/mol. The summed E-state index contributed by atoms with van der Waals surface area (Å²) in [4.78, 5) is 2.57. The molecule has 0 spiro atoms. The van der Waals surface area contributed by atoms with Gasteiger partial charge in [-0.2, -0.15) is 0 Å². The van der Waals surface area contributed by atoms with Crippen LogP contribution >= 0.6 is 11.6 Å². The van der Waals surface area contributed by atoms with Crippen LogP contribution in [0.5, 0.6) is 0 Å². The van der Waals surface area contributed by atoms with Gasteiger partial charge in [0.2, 0.25) is 0 Å². The van der Waals surface area contributed by atoms with Crippen molar-refractivity contribution in [3.8, 4) is 0 Å². The lowest BCUT2D eigenvalue weighted by atomic mass is 10.0. The standard InChI is InChI=1S/C17H27ClN2/c1-13(2)20(12-17-6-4-5-9-19-17)11-15-7-8-16(18)10-14(15)3/h7-8,10,13,17,19H,4-6,9,11-12H2,1-3H3. The molecule has 0 aliphatic carbocycles. The summed E-state index contributed by atoms with van der Waals surface area (Å²) < 4.78 is 0. The molecule has 1 aromatic carbocycles. The molecule has 1 aromatic rings. The number of halogens is 1. The predicted octanol–water partition coefficient (Wildman–Crippen LogP) is 4.00. The minimum atomic E-state index is 0.564. The zero-order chi connectivity index (χ0) is 14.5. The second-order valence-electron chi connectivity index (χ2n) is 6.24. The van der Waals surface area contributed by atoms with Gasteiger partial charge < -0.3 is 5.32 Å². The molecule has 2 nitrogen and oxygen atoms in total. The number of aryl methyl sites for hydroxylation is 1. The normalized spacial score (nSPS) is 19.8. The molecule has 0 amide bonds. The molecule has 1 N–H and O–H groups in total. The Morgan fingerprint density at radius 1 is 1.35 bits per heavy atom. The second-order valence-corrected chi connectivity index (χ2v) is 6.68. The molecule has 1 saturated heterocycles. The van der Waals surface area contributed by atoms with Gasteiger partial charge in [-0.05, 0) is 63.4 Å². The fourth-order valence-corrected chi connectivity index (χ4v) is 3.10. The first kappa shape index (κ1) is 15.8. The number of nitrogens with one attached hydrogen (secondary N) is 1. The summed E-state index contributed by atoms with van der Waals surface area (Å²) in [7, 11) is 0. The van der Waals surface area contributed by atoms with E-state index in [2.05, 4.69) is 43.1 Å². The zero-order valence-electron chi connectivity index (χ0n) is 13.0. The third-order valence-electron chi connectivity index (χ3n) is 4.28. The maximum atomic E-state index is 6.05. The Morgan fingerprint density at radius 3 is 2.75 bits per heavy atom. The maximum absolute atomic E-state index is 6.05. The van der Waals surface area contributed by atoms with Gasteiger partial charge in [0.25, 0.3) is 0 Å². The number of hydrogen-bond acceptors (Lipinski definition) is 2. The molecule has 1 fully saturated rings. The van der Waals surface area contributed by atoms with Crippen LogP contribution in [0, 0.1) is 6.92 Å². The van der Waals surface area contributed by atoms with Crippen molar-refractivity contribution in [2.45, 2.75) is 58.7 Å². The highest BCUT2D eigenvalue weighted by molar-refractivity contribution is 6.30. The van der Waals surface area contributed by atoms with Gasteiger partial charge in [-0.3, -0.25) is 4.90 Å². The van der Waals surface area contributed by atoms with Gasteiger partial charge in [-0.15, -0.1) is 0 Å². The zero-order valence-corrected chi connectivity index (χ0v) is 13.7. The average Bonchev–Trinajstić information content (AvgIpc) is 2.42. The number of hydrogen-bond donors (Lipinski definition) is 1. The Hall–Kier alpha value is -0.570. The van der Waals surface area contributed by atoms with Crippen LogP contribution in [0.1, 0.15) is 44.2 Å². The van der Waals surface area contributed by atoms with Crippen LogP contribution in [-0.2, 0) is 6.54 Å². The van der Waals surface area contributed by atoms with Crippen molar-refractivity contribution < 1.29 is 0 Å². The van der Waals surface area contributed by atoms with Crippen LogP contribution in [0.2, 0.25) is 5.02 Å². The first-order chi connectivity index (χ1) is 9.56. The molecule has 1 unspecified atom stereocenters. The quantitative estimate of drug-likeness (QED) is 0.883. The number of piperidine rings is 1. The monoisotopic (exact) mass is 294 g/mol. The van der Waals surface area contributed by atoms with E-state index < -0.39 is 0 Å². The fraction of sp³-hybridized carbons (Fsp3) is 0.647. The van der Waals surface area contributed by atoms with Crippen molar-refractivity contribution in [2.24, 2.45) is 0 Å². The SMILES string of the molecule is Cc1cc(Cl)ccc1CN(CC1CCCCN1)C(C)C. The Morgan fingerprint density at radius 2 is 2.15 bits per heavy atom. The van der Waals surface area contributed by atoms with E-state index in [0.717, 1.165) is 18.1 Å². The summed E-state index contributed by atoms with van der Waals surface area (Å²) in [5.74, 6) is 0. The molecule has 1 aliphatic rings. The first-order valence-electron chi connectivity index (χ1n) is 7.78. The summed E-state index contributed by atoms with van der Waals surface area (Å²) in [5.41, 5.74) is 2.68. The van der Waals surface area contributed by atoms with E-state index >= 15 is 0 Å².